The molecule has 0 saturated carbocycles. The summed E-state index contributed by atoms with van der Waals surface area (Å²) in [7, 11) is 0. The van der Waals surface area contributed by atoms with Crippen LogP contribution >= 0.6 is 0 Å². The van der Waals surface area contributed by atoms with Crippen LogP contribution in [-0.2, 0) is 18.4 Å². The molecule has 0 radical (unpaired) electrons. The molecule has 0 unspecified atom stereocenters. The van der Waals surface area contributed by atoms with Crippen LogP contribution in [0.3, 0.4) is 0 Å². The Labute approximate surface area is 109 Å². The fourth-order valence-corrected chi connectivity index (χ4v) is 2.96. The molecule has 1 aliphatic heterocycles. The highest BCUT2D eigenvalue weighted by molar-refractivity contribution is 5.24. The zero-order valence-electron chi connectivity index (χ0n) is 11.5. The quantitative estimate of drug-likeness (QED) is 0.679. The van der Waals surface area contributed by atoms with Gasteiger partial charge in [0.15, 0.2) is 0 Å². The minimum Gasteiger partial charge on any atom is -0.231 e. The van der Waals surface area contributed by atoms with Crippen LogP contribution in [-0.4, -0.2) is 4.57 Å². The highest BCUT2D eigenvalue weighted by Gasteiger charge is 2.35. The van der Waals surface area contributed by atoms with Crippen molar-refractivity contribution in [3.63, 3.8) is 0 Å². The summed E-state index contributed by atoms with van der Waals surface area (Å²) in [5.41, 5.74) is 2.91. The number of benzene rings is 1. The number of hydrogen-bond donors (Lipinski definition) is 0. The van der Waals surface area contributed by atoms with Gasteiger partial charge in [0, 0.05) is 6.42 Å². The smallest absolute Gasteiger partial charge is 0.231 e. The van der Waals surface area contributed by atoms with Gasteiger partial charge < -0.3 is 0 Å². The summed E-state index contributed by atoms with van der Waals surface area (Å²) in [6, 6.07) is 10.7. The first-order chi connectivity index (χ1) is 8.57. The number of fused-ring (bicyclic) bond motifs is 1. The van der Waals surface area contributed by atoms with Crippen molar-refractivity contribution < 1.29 is 4.57 Å². The van der Waals surface area contributed by atoms with Crippen LogP contribution in [0.5, 0.6) is 0 Å². The van der Waals surface area contributed by atoms with Gasteiger partial charge in [-0.2, -0.15) is 4.57 Å². The number of imidazole rings is 1. The van der Waals surface area contributed by atoms with E-state index in [-0.39, 0.29) is 5.41 Å². The van der Waals surface area contributed by atoms with E-state index in [0.29, 0.717) is 0 Å². The van der Waals surface area contributed by atoms with Gasteiger partial charge in [0.1, 0.15) is 17.6 Å². The van der Waals surface area contributed by atoms with Crippen molar-refractivity contribution in [2.75, 3.05) is 0 Å². The molecule has 1 aromatic carbocycles. The Hall–Kier alpha value is -1.57. The van der Waals surface area contributed by atoms with Crippen LogP contribution in [0.4, 0.5) is 0 Å². The lowest BCUT2D eigenvalue weighted by molar-refractivity contribution is -0.608. The molecular weight excluding hydrogens is 220 g/mol. The number of rotatable bonds is 1. The van der Waals surface area contributed by atoms with E-state index < -0.39 is 0 Å². The summed E-state index contributed by atoms with van der Waals surface area (Å²) in [4.78, 5) is 0. The van der Waals surface area contributed by atoms with Gasteiger partial charge in [0.25, 0.3) is 5.82 Å². The Morgan fingerprint density at radius 3 is 2.50 bits per heavy atom. The molecule has 2 nitrogen and oxygen atoms in total. The molecule has 2 heteroatoms. The summed E-state index contributed by atoms with van der Waals surface area (Å²) >= 11 is 0. The van der Waals surface area contributed by atoms with Crippen LogP contribution in [0.2, 0.25) is 0 Å². The van der Waals surface area contributed by atoms with Crippen molar-refractivity contribution in [2.45, 2.75) is 45.6 Å². The van der Waals surface area contributed by atoms with Crippen molar-refractivity contribution in [2.24, 2.45) is 0 Å². The molecule has 18 heavy (non-hydrogen) atoms. The van der Waals surface area contributed by atoms with Gasteiger partial charge in [-0.25, -0.2) is 4.57 Å². The maximum absolute atomic E-state index is 2.51. The Kier molecular flexibility index (Phi) is 2.54. The summed E-state index contributed by atoms with van der Waals surface area (Å²) in [6.07, 6.45) is 4.82. The average Bonchev–Trinajstić information content (AvgIpc) is 2.87. The first-order valence-corrected chi connectivity index (χ1v) is 6.77. The van der Waals surface area contributed by atoms with E-state index in [1.54, 1.807) is 0 Å². The zero-order valence-corrected chi connectivity index (χ0v) is 11.5. The number of aromatic nitrogens is 2. The summed E-state index contributed by atoms with van der Waals surface area (Å²) in [6.45, 7) is 8.07. The van der Waals surface area contributed by atoms with Gasteiger partial charge in [-0.1, -0.05) is 18.2 Å². The van der Waals surface area contributed by atoms with Gasteiger partial charge in [-0.3, -0.25) is 0 Å². The third-order valence-electron chi connectivity index (χ3n) is 3.63. The lowest BCUT2D eigenvalue weighted by Crippen LogP contribution is -2.40. The Morgan fingerprint density at radius 1 is 1.11 bits per heavy atom. The number of para-hydroxylation sites is 1. The third-order valence-corrected chi connectivity index (χ3v) is 3.63. The maximum Gasteiger partial charge on any atom is 0.267 e. The maximum atomic E-state index is 2.51. The average molecular weight is 241 g/mol. The van der Waals surface area contributed by atoms with Gasteiger partial charge in [0.2, 0.25) is 0 Å². The zero-order chi connectivity index (χ0) is 12.8. The van der Waals surface area contributed by atoms with Gasteiger partial charge in [0.05, 0.1) is 12.0 Å². The molecule has 0 spiro atoms. The fraction of sp³-hybridized carbons (Fsp3) is 0.438. The van der Waals surface area contributed by atoms with Crippen LogP contribution in [0, 0.1) is 0 Å². The van der Waals surface area contributed by atoms with E-state index in [2.05, 4.69) is 66.4 Å². The van der Waals surface area contributed by atoms with E-state index >= 15 is 0 Å². The number of hydrogen-bond acceptors (Lipinski definition) is 0. The second-order valence-corrected chi connectivity index (χ2v) is 6.15. The van der Waals surface area contributed by atoms with E-state index in [1.165, 1.54) is 36.6 Å². The minimum absolute atomic E-state index is 0.165. The molecule has 0 fully saturated rings. The van der Waals surface area contributed by atoms with Crippen molar-refractivity contribution in [1.82, 2.24) is 4.57 Å². The molecule has 2 aromatic rings. The number of aryl methyl sites for hydroxylation is 1. The Morgan fingerprint density at radius 2 is 1.83 bits per heavy atom. The molecule has 0 aliphatic carbocycles. The van der Waals surface area contributed by atoms with Crippen LogP contribution < -0.4 is 4.57 Å². The van der Waals surface area contributed by atoms with Crippen LogP contribution in [0.15, 0.2) is 36.5 Å². The minimum atomic E-state index is 0.165. The van der Waals surface area contributed by atoms with Crippen molar-refractivity contribution in [3.8, 4) is 5.69 Å². The third kappa shape index (κ3) is 1.76. The van der Waals surface area contributed by atoms with Crippen LogP contribution in [0.25, 0.3) is 5.69 Å². The summed E-state index contributed by atoms with van der Waals surface area (Å²) in [5, 5.41) is 0. The normalized spacial score (nSPS) is 14.8. The Balaban J connectivity index is 2.22. The molecule has 0 atom stereocenters. The SMILES string of the molecule is CC(C)(C)c1n2c(c[n+]1-c1ccccc1)CCC2. The highest BCUT2D eigenvalue weighted by Crippen LogP contribution is 2.26. The molecule has 94 valence electrons. The molecule has 2 heterocycles. The van der Waals surface area contributed by atoms with E-state index in [9.17, 15) is 0 Å². The van der Waals surface area contributed by atoms with Crippen molar-refractivity contribution >= 4 is 0 Å². The molecule has 0 saturated heterocycles. The standard InChI is InChI=1S/C16H21N2/c1-16(2,3)15-17-11-7-10-14(17)12-18(15)13-8-5-4-6-9-13/h4-6,8-9,12H,7,10-11H2,1-3H3/q+1. The monoisotopic (exact) mass is 241 g/mol. The predicted octanol–water partition coefficient (Wildman–Crippen LogP) is 3.01. The molecule has 1 aliphatic rings. The lowest BCUT2D eigenvalue weighted by atomic mass is 9.95. The van der Waals surface area contributed by atoms with Crippen molar-refractivity contribution in [3.05, 3.63) is 48.0 Å². The fourth-order valence-electron chi connectivity index (χ4n) is 2.96. The van der Waals surface area contributed by atoms with Gasteiger partial charge in [-0.05, 0) is 39.3 Å². The molecular formula is C16H21N2+. The molecule has 0 amide bonds. The number of nitrogens with zero attached hydrogens (tertiary/aromatic N) is 2. The second-order valence-electron chi connectivity index (χ2n) is 6.15. The van der Waals surface area contributed by atoms with E-state index in [0.717, 1.165) is 0 Å². The summed E-state index contributed by atoms with van der Waals surface area (Å²) in [5.74, 6) is 1.42. The van der Waals surface area contributed by atoms with E-state index in [4.69, 9.17) is 0 Å². The second kappa shape index (κ2) is 3.98. The molecule has 3 rings (SSSR count). The first kappa shape index (κ1) is 11.5. The van der Waals surface area contributed by atoms with Gasteiger partial charge >= 0.3 is 0 Å². The summed E-state index contributed by atoms with van der Waals surface area (Å²) < 4.78 is 4.88. The Bertz CT molecular complexity index is 559. The van der Waals surface area contributed by atoms with Crippen molar-refractivity contribution in [1.29, 1.82) is 0 Å². The lowest BCUT2D eigenvalue weighted by Gasteiger charge is -2.16. The highest BCUT2D eigenvalue weighted by atomic mass is 15.2. The molecule has 1 aromatic heterocycles. The first-order valence-electron chi connectivity index (χ1n) is 6.77. The van der Waals surface area contributed by atoms with Crippen LogP contribution in [0.1, 0.15) is 38.7 Å². The van der Waals surface area contributed by atoms with E-state index in [1.807, 2.05) is 0 Å². The largest absolute Gasteiger partial charge is 0.267 e. The topological polar surface area (TPSA) is 8.81 Å². The van der Waals surface area contributed by atoms with Gasteiger partial charge in [-0.15, -0.1) is 0 Å². The molecule has 0 bridgehead atoms. The molecule has 0 N–H and O–H groups in total. The predicted molar refractivity (Wildman–Crippen MR) is 73.0 cm³/mol.